The van der Waals surface area contributed by atoms with Gasteiger partial charge >= 0.3 is 0 Å². The van der Waals surface area contributed by atoms with Crippen LogP contribution in [-0.4, -0.2) is 39.4 Å². The number of hydrogen-bond acceptors (Lipinski definition) is 4. The Bertz CT molecular complexity index is 754. The average molecular weight is 344 g/mol. The van der Waals surface area contributed by atoms with E-state index in [9.17, 15) is 9.59 Å². The number of fused-ring (bicyclic) bond motifs is 1. The van der Waals surface area contributed by atoms with E-state index in [1.807, 2.05) is 23.7 Å². The van der Waals surface area contributed by atoms with Crippen LogP contribution in [0.15, 0.2) is 29.9 Å². The predicted molar refractivity (Wildman–Crippen MR) is 90.4 cm³/mol. The van der Waals surface area contributed by atoms with Gasteiger partial charge in [-0.1, -0.05) is 6.07 Å². The summed E-state index contributed by atoms with van der Waals surface area (Å²) >= 11 is 1.60. The average Bonchev–Trinajstić information content (AvgIpc) is 3.28. The van der Waals surface area contributed by atoms with Crippen molar-refractivity contribution in [2.75, 3.05) is 7.05 Å². The zero-order valence-electron chi connectivity index (χ0n) is 13.5. The first-order chi connectivity index (χ1) is 11.6. The van der Waals surface area contributed by atoms with Crippen molar-refractivity contribution in [3.05, 3.63) is 40.6 Å². The van der Waals surface area contributed by atoms with Crippen LogP contribution in [0.2, 0.25) is 0 Å². The number of aryl methyl sites for hydroxylation is 1. The molecule has 2 amide bonds. The minimum absolute atomic E-state index is 0.0142. The first kappa shape index (κ1) is 15.4. The maximum atomic E-state index is 12.9. The molecule has 6 nitrogen and oxygen atoms in total. The summed E-state index contributed by atoms with van der Waals surface area (Å²) in [5, 5.41) is 5.15. The lowest BCUT2D eigenvalue weighted by atomic mass is 9.96. The number of amides is 2. The number of thiophene rings is 1. The number of nitrogens with zero attached hydrogens (tertiary/aromatic N) is 3. The molecular formula is C17H20N4O2S. The Morgan fingerprint density at radius 3 is 3.12 bits per heavy atom. The summed E-state index contributed by atoms with van der Waals surface area (Å²) in [6, 6.07) is 3.92. The highest BCUT2D eigenvalue weighted by Crippen LogP contribution is 2.39. The van der Waals surface area contributed by atoms with E-state index in [2.05, 4.69) is 14.9 Å². The molecule has 0 spiro atoms. The fourth-order valence-electron chi connectivity index (χ4n) is 3.75. The summed E-state index contributed by atoms with van der Waals surface area (Å²) in [5.74, 6) is 0.784. The van der Waals surface area contributed by atoms with Gasteiger partial charge in [-0.3, -0.25) is 9.59 Å². The van der Waals surface area contributed by atoms with Gasteiger partial charge in [0.2, 0.25) is 11.8 Å². The zero-order valence-corrected chi connectivity index (χ0v) is 14.3. The van der Waals surface area contributed by atoms with Crippen LogP contribution in [0.1, 0.15) is 29.6 Å². The van der Waals surface area contributed by atoms with E-state index in [0.29, 0.717) is 0 Å². The van der Waals surface area contributed by atoms with Crippen molar-refractivity contribution in [3.8, 4) is 0 Å². The van der Waals surface area contributed by atoms with Gasteiger partial charge in [-0.15, -0.1) is 11.3 Å². The van der Waals surface area contributed by atoms with E-state index >= 15 is 0 Å². The first-order valence-corrected chi connectivity index (χ1v) is 9.11. The predicted octanol–water partition coefficient (Wildman–Crippen LogP) is 1.60. The molecule has 3 atom stereocenters. The number of hydrogen-bond donors (Lipinski definition) is 1. The summed E-state index contributed by atoms with van der Waals surface area (Å²) in [6.45, 7) is 0.751. The molecule has 1 saturated heterocycles. The largest absolute Gasteiger partial charge is 0.351 e. The van der Waals surface area contributed by atoms with Gasteiger partial charge in [-0.2, -0.15) is 0 Å². The smallest absolute Gasteiger partial charge is 0.226 e. The second-order valence-corrected chi connectivity index (χ2v) is 7.49. The number of aromatic nitrogens is 2. The molecule has 0 bridgehead atoms. The maximum absolute atomic E-state index is 12.9. The third-order valence-electron chi connectivity index (χ3n) is 5.04. The van der Waals surface area contributed by atoms with Gasteiger partial charge in [-0.25, -0.2) is 4.98 Å². The van der Waals surface area contributed by atoms with Gasteiger partial charge in [0.1, 0.15) is 5.82 Å². The molecule has 4 rings (SSSR count). The molecule has 0 aromatic carbocycles. The van der Waals surface area contributed by atoms with Crippen LogP contribution in [0.5, 0.6) is 0 Å². The maximum Gasteiger partial charge on any atom is 0.226 e. The Morgan fingerprint density at radius 1 is 1.46 bits per heavy atom. The monoisotopic (exact) mass is 344 g/mol. The topological polar surface area (TPSA) is 67.2 Å². The number of carbonyl (C=O) groups excluding carboxylic acids is 2. The normalized spacial score (nSPS) is 26.5. The van der Waals surface area contributed by atoms with Gasteiger partial charge in [0.15, 0.2) is 0 Å². The Morgan fingerprint density at radius 2 is 2.33 bits per heavy atom. The van der Waals surface area contributed by atoms with Gasteiger partial charge in [0.05, 0.1) is 12.0 Å². The Hall–Kier alpha value is -2.15. The highest BCUT2D eigenvalue weighted by Gasteiger charge is 2.43. The third-order valence-corrected chi connectivity index (χ3v) is 5.98. The SMILES string of the molecule is CN1C(=O)C[C@H](C(=O)N[C@H]2CCc3nccn3C2)[C@@H]1c1cccs1. The molecular weight excluding hydrogens is 324 g/mol. The van der Waals surface area contributed by atoms with Crippen LogP contribution < -0.4 is 5.32 Å². The van der Waals surface area contributed by atoms with Crippen LogP contribution in [0.4, 0.5) is 0 Å². The molecule has 7 heteroatoms. The Kier molecular flexibility index (Phi) is 3.88. The molecule has 2 aliphatic rings. The number of likely N-dealkylation sites (tertiary alicyclic amines) is 1. The number of nitrogens with one attached hydrogen (secondary N) is 1. The van der Waals surface area contributed by atoms with Gasteiger partial charge < -0.3 is 14.8 Å². The van der Waals surface area contributed by atoms with E-state index in [-0.39, 0.29) is 36.2 Å². The molecule has 0 radical (unpaired) electrons. The molecule has 2 aromatic rings. The lowest BCUT2D eigenvalue weighted by molar-refractivity contribution is -0.128. The summed E-state index contributed by atoms with van der Waals surface area (Å²) in [4.78, 5) is 32.1. The minimum atomic E-state index is -0.315. The number of carbonyl (C=O) groups is 2. The highest BCUT2D eigenvalue weighted by molar-refractivity contribution is 7.10. The molecule has 1 N–H and O–H groups in total. The van der Waals surface area contributed by atoms with Crippen LogP contribution in [0.3, 0.4) is 0 Å². The summed E-state index contributed by atoms with van der Waals surface area (Å²) in [7, 11) is 1.79. The van der Waals surface area contributed by atoms with E-state index in [0.717, 1.165) is 30.1 Å². The Balaban J connectivity index is 1.48. The van der Waals surface area contributed by atoms with E-state index in [1.54, 1.807) is 29.5 Å². The van der Waals surface area contributed by atoms with Crippen molar-refractivity contribution in [2.45, 2.75) is 37.9 Å². The molecule has 2 aromatic heterocycles. The summed E-state index contributed by atoms with van der Waals surface area (Å²) < 4.78 is 2.09. The minimum Gasteiger partial charge on any atom is -0.351 e. The van der Waals surface area contributed by atoms with Crippen LogP contribution in [0, 0.1) is 5.92 Å². The molecule has 126 valence electrons. The molecule has 0 unspecified atom stereocenters. The molecule has 4 heterocycles. The van der Waals surface area contributed by atoms with Gasteiger partial charge in [-0.05, 0) is 17.9 Å². The van der Waals surface area contributed by atoms with E-state index in [1.165, 1.54) is 0 Å². The second-order valence-electron chi connectivity index (χ2n) is 6.52. The van der Waals surface area contributed by atoms with Crippen molar-refractivity contribution in [1.82, 2.24) is 19.8 Å². The quantitative estimate of drug-likeness (QED) is 0.920. The van der Waals surface area contributed by atoms with Crippen molar-refractivity contribution in [2.24, 2.45) is 5.92 Å². The molecule has 0 saturated carbocycles. The van der Waals surface area contributed by atoms with Crippen LogP contribution >= 0.6 is 11.3 Å². The number of imidazole rings is 1. The van der Waals surface area contributed by atoms with E-state index < -0.39 is 0 Å². The van der Waals surface area contributed by atoms with Crippen molar-refractivity contribution in [3.63, 3.8) is 0 Å². The number of rotatable bonds is 3. The van der Waals surface area contributed by atoms with Gasteiger partial charge in [0.25, 0.3) is 0 Å². The zero-order chi connectivity index (χ0) is 16.7. The summed E-state index contributed by atoms with van der Waals surface area (Å²) in [5.41, 5.74) is 0. The first-order valence-electron chi connectivity index (χ1n) is 8.23. The fourth-order valence-corrected chi connectivity index (χ4v) is 4.68. The van der Waals surface area contributed by atoms with Crippen molar-refractivity contribution >= 4 is 23.2 Å². The summed E-state index contributed by atoms with van der Waals surface area (Å²) in [6.07, 6.45) is 5.80. The van der Waals surface area contributed by atoms with Crippen molar-refractivity contribution < 1.29 is 9.59 Å². The molecule has 0 aliphatic carbocycles. The van der Waals surface area contributed by atoms with E-state index in [4.69, 9.17) is 0 Å². The molecule has 1 fully saturated rings. The molecule has 24 heavy (non-hydrogen) atoms. The van der Waals surface area contributed by atoms with Crippen LogP contribution in [-0.2, 0) is 22.6 Å². The second kappa shape index (κ2) is 6.05. The highest BCUT2D eigenvalue weighted by atomic mass is 32.1. The van der Waals surface area contributed by atoms with Crippen LogP contribution in [0.25, 0.3) is 0 Å². The fraction of sp³-hybridized carbons (Fsp3) is 0.471. The third kappa shape index (κ3) is 2.62. The van der Waals surface area contributed by atoms with Crippen molar-refractivity contribution in [1.29, 1.82) is 0 Å². The van der Waals surface area contributed by atoms with Gasteiger partial charge in [0, 0.05) is 49.7 Å². The standard InChI is InChI=1S/C17H20N4O2S/c1-20-15(22)9-12(16(20)13-3-2-8-24-13)17(23)19-11-4-5-14-18-6-7-21(14)10-11/h2-3,6-8,11-12,16H,4-5,9-10H2,1H3,(H,19,23)/t11-,12-,16+/m0/s1. The Labute approximate surface area is 144 Å². The lowest BCUT2D eigenvalue weighted by Crippen LogP contribution is -2.44. The molecule has 2 aliphatic heterocycles. The lowest BCUT2D eigenvalue weighted by Gasteiger charge is -2.28.